The molecule has 3 aromatic rings. The molecule has 1 amide bonds. The monoisotopic (exact) mass is 426 g/mol. The highest BCUT2D eigenvalue weighted by Gasteiger charge is 2.26. The third-order valence-corrected chi connectivity index (χ3v) is 6.07. The highest BCUT2D eigenvalue weighted by molar-refractivity contribution is 7.08. The molecule has 1 atom stereocenters. The van der Waals surface area contributed by atoms with Gasteiger partial charge in [-0.2, -0.15) is 16.3 Å². The van der Waals surface area contributed by atoms with Crippen molar-refractivity contribution in [2.75, 3.05) is 26.7 Å². The molecule has 0 saturated carbocycles. The lowest BCUT2D eigenvalue weighted by molar-refractivity contribution is -0.121. The predicted octanol–water partition coefficient (Wildman–Crippen LogP) is 3.69. The van der Waals surface area contributed by atoms with Gasteiger partial charge in [0, 0.05) is 35.9 Å². The molecule has 3 heterocycles. The van der Waals surface area contributed by atoms with Gasteiger partial charge in [0.25, 0.3) is 0 Å². The summed E-state index contributed by atoms with van der Waals surface area (Å²) in [5.74, 6) is 1.88. The van der Waals surface area contributed by atoms with Crippen LogP contribution in [-0.2, 0) is 11.2 Å². The standard InChI is InChI=1S/C22H26N4O3S/c1-28-19-7-3-2-6-17(19)18(26-11-4-5-12-26)14-23-20(27)8-9-21-24-22(25-29-21)16-10-13-30-15-16/h2-3,6-7,10,13,15,18H,4-5,8-9,11-12,14H2,1H3,(H,23,27)/t18-/m0/s1. The molecule has 30 heavy (non-hydrogen) atoms. The number of amides is 1. The Kier molecular flexibility index (Phi) is 6.76. The number of rotatable bonds is 9. The fraction of sp³-hybridized carbons (Fsp3) is 0.409. The van der Waals surface area contributed by atoms with Crippen LogP contribution in [0.25, 0.3) is 11.4 Å². The van der Waals surface area contributed by atoms with Crippen LogP contribution in [0.1, 0.15) is 36.8 Å². The number of ether oxygens (including phenoxy) is 1. The average molecular weight is 427 g/mol. The lowest BCUT2D eigenvalue weighted by atomic mass is 10.0. The first kappa shape index (κ1) is 20.6. The minimum absolute atomic E-state index is 0.0237. The van der Waals surface area contributed by atoms with E-state index in [4.69, 9.17) is 9.26 Å². The van der Waals surface area contributed by atoms with Crippen molar-refractivity contribution in [2.24, 2.45) is 0 Å². The molecule has 1 fully saturated rings. The summed E-state index contributed by atoms with van der Waals surface area (Å²) in [4.78, 5) is 19.3. The van der Waals surface area contributed by atoms with Crippen molar-refractivity contribution in [1.82, 2.24) is 20.4 Å². The summed E-state index contributed by atoms with van der Waals surface area (Å²) in [6.45, 7) is 2.61. The average Bonchev–Trinajstić information content (AvgIpc) is 3.55. The van der Waals surface area contributed by atoms with E-state index in [2.05, 4.69) is 26.4 Å². The highest BCUT2D eigenvalue weighted by atomic mass is 32.1. The number of carbonyl (C=O) groups is 1. The number of para-hydroxylation sites is 1. The normalized spacial score (nSPS) is 15.2. The third kappa shape index (κ3) is 4.88. The summed E-state index contributed by atoms with van der Waals surface area (Å²) in [6, 6.07) is 10.1. The Morgan fingerprint density at radius 2 is 2.13 bits per heavy atom. The molecular formula is C22H26N4O3S. The first-order chi connectivity index (χ1) is 14.7. The van der Waals surface area contributed by atoms with Crippen LogP contribution in [0.15, 0.2) is 45.6 Å². The molecule has 1 aromatic carbocycles. The van der Waals surface area contributed by atoms with Crippen LogP contribution in [0.3, 0.4) is 0 Å². The minimum Gasteiger partial charge on any atom is -0.496 e. The van der Waals surface area contributed by atoms with Crippen LogP contribution in [0.4, 0.5) is 0 Å². The van der Waals surface area contributed by atoms with Gasteiger partial charge in [-0.1, -0.05) is 23.4 Å². The van der Waals surface area contributed by atoms with Gasteiger partial charge in [0.1, 0.15) is 5.75 Å². The predicted molar refractivity (Wildman–Crippen MR) is 115 cm³/mol. The molecule has 158 valence electrons. The fourth-order valence-corrected chi connectivity index (χ4v) is 4.45. The number of thiophene rings is 1. The Hall–Kier alpha value is -2.71. The molecule has 0 aliphatic carbocycles. The SMILES string of the molecule is COc1ccccc1[C@H](CNC(=O)CCc1nc(-c2ccsc2)no1)N1CCCC1. The number of nitrogens with zero attached hydrogens (tertiary/aromatic N) is 3. The summed E-state index contributed by atoms with van der Waals surface area (Å²) in [7, 11) is 1.69. The molecule has 1 aliphatic rings. The number of likely N-dealkylation sites (tertiary alicyclic amines) is 1. The van der Waals surface area contributed by atoms with Crippen molar-refractivity contribution < 1.29 is 14.1 Å². The van der Waals surface area contributed by atoms with Gasteiger partial charge in [0.05, 0.1) is 13.2 Å². The second-order valence-electron chi connectivity index (χ2n) is 7.33. The number of hydrogen-bond acceptors (Lipinski definition) is 7. The Morgan fingerprint density at radius 1 is 1.30 bits per heavy atom. The van der Waals surface area contributed by atoms with Gasteiger partial charge >= 0.3 is 0 Å². The maximum Gasteiger partial charge on any atom is 0.227 e. The van der Waals surface area contributed by atoms with E-state index in [1.165, 1.54) is 12.8 Å². The second kappa shape index (κ2) is 9.86. The highest BCUT2D eigenvalue weighted by Crippen LogP contribution is 2.31. The molecule has 4 rings (SSSR count). The van der Waals surface area contributed by atoms with E-state index >= 15 is 0 Å². The van der Waals surface area contributed by atoms with Crippen molar-refractivity contribution in [1.29, 1.82) is 0 Å². The zero-order chi connectivity index (χ0) is 20.8. The Labute approximate surface area is 180 Å². The van der Waals surface area contributed by atoms with E-state index < -0.39 is 0 Å². The maximum absolute atomic E-state index is 12.5. The number of methoxy groups -OCH3 is 1. The van der Waals surface area contributed by atoms with Gasteiger partial charge in [0.15, 0.2) is 0 Å². The van der Waals surface area contributed by atoms with E-state index in [0.29, 0.717) is 31.1 Å². The Balaban J connectivity index is 1.34. The Bertz CT molecular complexity index is 951. The Morgan fingerprint density at radius 3 is 2.90 bits per heavy atom. The fourth-order valence-electron chi connectivity index (χ4n) is 3.82. The quantitative estimate of drug-likeness (QED) is 0.562. The summed E-state index contributed by atoms with van der Waals surface area (Å²) >= 11 is 1.58. The smallest absolute Gasteiger partial charge is 0.227 e. The molecule has 0 unspecified atom stereocenters. The lowest BCUT2D eigenvalue weighted by Crippen LogP contribution is -2.37. The number of aromatic nitrogens is 2. The second-order valence-corrected chi connectivity index (χ2v) is 8.11. The van der Waals surface area contributed by atoms with Gasteiger partial charge in [-0.15, -0.1) is 0 Å². The zero-order valence-electron chi connectivity index (χ0n) is 17.0. The molecule has 0 spiro atoms. The molecule has 7 nitrogen and oxygen atoms in total. The van der Waals surface area contributed by atoms with Gasteiger partial charge in [0.2, 0.25) is 17.6 Å². The van der Waals surface area contributed by atoms with Gasteiger partial charge in [-0.3, -0.25) is 9.69 Å². The van der Waals surface area contributed by atoms with Gasteiger partial charge in [-0.05, 0) is 43.4 Å². The number of benzene rings is 1. The molecule has 0 bridgehead atoms. The molecule has 8 heteroatoms. The van der Waals surface area contributed by atoms with Crippen molar-refractivity contribution in [3.05, 3.63) is 52.5 Å². The van der Waals surface area contributed by atoms with Crippen LogP contribution in [0, 0.1) is 0 Å². The van der Waals surface area contributed by atoms with Crippen LogP contribution >= 0.6 is 11.3 Å². The molecule has 2 aromatic heterocycles. The van der Waals surface area contributed by atoms with Crippen molar-refractivity contribution in [3.8, 4) is 17.1 Å². The summed E-state index contributed by atoms with van der Waals surface area (Å²) < 4.78 is 10.8. The lowest BCUT2D eigenvalue weighted by Gasteiger charge is -2.29. The van der Waals surface area contributed by atoms with Crippen molar-refractivity contribution in [2.45, 2.75) is 31.7 Å². The van der Waals surface area contributed by atoms with Gasteiger partial charge < -0.3 is 14.6 Å². The number of hydrogen-bond donors (Lipinski definition) is 1. The maximum atomic E-state index is 12.5. The van der Waals surface area contributed by atoms with Crippen LogP contribution in [0.2, 0.25) is 0 Å². The topological polar surface area (TPSA) is 80.5 Å². The molecular weight excluding hydrogens is 400 g/mol. The van der Waals surface area contributed by atoms with E-state index in [1.807, 2.05) is 35.0 Å². The molecule has 0 radical (unpaired) electrons. The van der Waals surface area contributed by atoms with Crippen LogP contribution in [-0.4, -0.2) is 47.7 Å². The first-order valence-corrected chi connectivity index (χ1v) is 11.2. The summed E-state index contributed by atoms with van der Waals surface area (Å²) in [5, 5.41) is 11.0. The van der Waals surface area contributed by atoms with E-state index in [0.717, 1.165) is 30.0 Å². The van der Waals surface area contributed by atoms with E-state index in [1.54, 1.807) is 18.4 Å². The van der Waals surface area contributed by atoms with Crippen LogP contribution in [0.5, 0.6) is 5.75 Å². The zero-order valence-corrected chi connectivity index (χ0v) is 17.9. The number of carbonyl (C=O) groups excluding carboxylic acids is 1. The summed E-state index contributed by atoms with van der Waals surface area (Å²) in [5.41, 5.74) is 2.05. The third-order valence-electron chi connectivity index (χ3n) is 5.39. The molecule has 1 N–H and O–H groups in total. The summed E-state index contributed by atoms with van der Waals surface area (Å²) in [6.07, 6.45) is 3.10. The first-order valence-electron chi connectivity index (χ1n) is 10.2. The van der Waals surface area contributed by atoms with Crippen molar-refractivity contribution >= 4 is 17.2 Å². The number of nitrogens with one attached hydrogen (secondary N) is 1. The molecule has 1 aliphatic heterocycles. The van der Waals surface area contributed by atoms with Crippen LogP contribution < -0.4 is 10.1 Å². The number of aryl methyl sites for hydroxylation is 1. The van der Waals surface area contributed by atoms with E-state index in [9.17, 15) is 4.79 Å². The van der Waals surface area contributed by atoms with E-state index in [-0.39, 0.29) is 11.9 Å². The van der Waals surface area contributed by atoms with Crippen molar-refractivity contribution in [3.63, 3.8) is 0 Å². The molecule has 1 saturated heterocycles. The van der Waals surface area contributed by atoms with Gasteiger partial charge in [-0.25, -0.2) is 0 Å². The minimum atomic E-state index is -0.0237. The largest absolute Gasteiger partial charge is 0.496 e.